The van der Waals surface area contributed by atoms with Crippen LogP contribution in [-0.2, 0) is 9.92 Å². The van der Waals surface area contributed by atoms with E-state index in [1.165, 1.54) is 12.3 Å². The van der Waals surface area contributed by atoms with Gasteiger partial charge in [0, 0.05) is 19.3 Å². The Balaban J connectivity index is 2.10. The maximum absolute atomic E-state index is 13.4. The van der Waals surface area contributed by atoms with Gasteiger partial charge in [0.2, 0.25) is 5.82 Å². The maximum Gasteiger partial charge on any atom is 0.202 e. The Kier molecular flexibility index (Phi) is 5.82. The molecule has 1 aromatic heterocycles. The molecule has 0 aliphatic heterocycles. The fourth-order valence-electron chi connectivity index (χ4n) is 1.85. The second-order valence-corrected chi connectivity index (χ2v) is 7.04. The number of benzene rings is 1. The number of hydrogen-bond donors (Lipinski definition) is 5. The van der Waals surface area contributed by atoms with Gasteiger partial charge in [-0.2, -0.15) is 5.26 Å². The Morgan fingerprint density at radius 3 is 2.88 bits per heavy atom. The van der Waals surface area contributed by atoms with Crippen LogP contribution in [0.2, 0.25) is 0 Å². The molecule has 26 heavy (non-hydrogen) atoms. The van der Waals surface area contributed by atoms with Gasteiger partial charge >= 0.3 is 0 Å². The molecule has 5 N–H and O–H groups in total. The van der Waals surface area contributed by atoms with Crippen LogP contribution < -0.4 is 15.1 Å². The predicted molar refractivity (Wildman–Crippen MR) is 89.8 cm³/mol. The van der Waals surface area contributed by atoms with Crippen LogP contribution in [0.4, 0.5) is 15.9 Å². The van der Waals surface area contributed by atoms with E-state index in [4.69, 9.17) is 15.5 Å². The van der Waals surface area contributed by atoms with Gasteiger partial charge in [0.25, 0.3) is 0 Å². The summed E-state index contributed by atoms with van der Waals surface area (Å²) in [5.74, 6) is -1.25. The monoisotopic (exact) mass is 382 g/mol. The Bertz CT molecular complexity index is 953. The second-order valence-electron chi connectivity index (χ2n) is 5.06. The number of nitrogens with zero attached hydrogens (tertiary/aromatic N) is 4. The quantitative estimate of drug-likeness (QED) is 0.203. The lowest BCUT2D eigenvalue weighted by Crippen LogP contribution is -2.30. The normalized spacial score (nSPS) is 12.8. The molecular formula is C13H15FN8O3S. The summed E-state index contributed by atoms with van der Waals surface area (Å²) in [6.07, 6.45) is 1.23. The Labute approximate surface area is 148 Å². The lowest BCUT2D eigenvalue weighted by Gasteiger charge is -2.16. The molecule has 1 heterocycles. The van der Waals surface area contributed by atoms with E-state index in [1.807, 2.05) is 0 Å². The highest BCUT2D eigenvalue weighted by atomic mass is 32.2. The number of hydrogen-bond acceptors (Lipinski definition) is 9. The fourth-order valence-corrected chi connectivity index (χ4v) is 2.34. The van der Waals surface area contributed by atoms with Crippen molar-refractivity contribution in [1.82, 2.24) is 15.0 Å². The third-order valence-electron chi connectivity index (χ3n) is 3.03. The zero-order valence-corrected chi connectivity index (χ0v) is 14.3. The number of rotatable bonds is 7. The molecule has 0 aliphatic carbocycles. The van der Waals surface area contributed by atoms with E-state index in [9.17, 15) is 13.8 Å². The minimum absolute atomic E-state index is 0.0245. The standard InChI is InChI=1S/C13H15FN8O3S/c1-26(17,24)19-5-4-18-13-11(20-25-21-13)12(16)22(23)9-2-3-10(14)8(6-9)7-15/h2-3,6,16,23H,4-5H2,1H3,(H,18,21)(H2,17,19,24). The van der Waals surface area contributed by atoms with Crippen molar-refractivity contribution in [3.8, 4) is 6.07 Å². The van der Waals surface area contributed by atoms with Gasteiger partial charge in [-0.05, 0) is 28.5 Å². The minimum Gasteiger partial charge on any atom is -0.364 e. The third-order valence-corrected chi connectivity index (χ3v) is 3.79. The highest BCUT2D eigenvalue weighted by Gasteiger charge is 2.21. The van der Waals surface area contributed by atoms with Crippen molar-refractivity contribution in [3.05, 3.63) is 35.3 Å². The van der Waals surface area contributed by atoms with Gasteiger partial charge in [-0.15, -0.1) is 0 Å². The predicted octanol–water partition coefficient (Wildman–Crippen LogP) is 0.895. The molecule has 0 saturated carbocycles. The zero-order chi connectivity index (χ0) is 19.3. The van der Waals surface area contributed by atoms with Crippen LogP contribution in [0.5, 0.6) is 0 Å². The SMILES string of the molecule is CS(=N)(=O)NCCNc1nonc1C(=N)N(O)c1ccc(F)c(C#N)c1. The lowest BCUT2D eigenvalue weighted by atomic mass is 10.2. The third kappa shape index (κ3) is 4.72. The first-order valence-corrected chi connectivity index (χ1v) is 9.02. The highest BCUT2D eigenvalue weighted by molar-refractivity contribution is 7.89. The number of nitrogens with one attached hydrogen (secondary N) is 4. The van der Waals surface area contributed by atoms with Crippen LogP contribution in [0.3, 0.4) is 0 Å². The molecule has 1 atom stereocenters. The van der Waals surface area contributed by atoms with Gasteiger partial charge in [0.05, 0.1) is 11.3 Å². The molecule has 0 bridgehead atoms. The Morgan fingerprint density at radius 2 is 2.23 bits per heavy atom. The smallest absolute Gasteiger partial charge is 0.202 e. The van der Waals surface area contributed by atoms with Crippen molar-refractivity contribution < 1.29 is 18.4 Å². The molecular weight excluding hydrogens is 367 g/mol. The molecule has 0 fully saturated rings. The maximum atomic E-state index is 13.4. The molecule has 2 aromatic rings. The van der Waals surface area contributed by atoms with E-state index in [0.29, 0.717) is 5.06 Å². The van der Waals surface area contributed by atoms with Crippen LogP contribution >= 0.6 is 0 Å². The number of anilines is 2. The molecule has 1 aromatic carbocycles. The molecule has 0 radical (unpaired) electrons. The van der Waals surface area contributed by atoms with E-state index in [-0.39, 0.29) is 35.9 Å². The van der Waals surface area contributed by atoms with Crippen LogP contribution in [0.25, 0.3) is 0 Å². The molecule has 1 unspecified atom stereocenters. The molecule has 138 valence electrons. The van der Waals surface area contributed by atoms with Crippen molar-refractivity contribution >= 4 is 27.3 Å². The van der Waals surface area contributed by atoms with Gasteiger partial charge < -0.3 is 5.32 Å². The molecule has 11 nitrogen and oxygen atoms in total. The van der Waals surface area contributed by atoms with Gasteiger partial charge in [-0.1, -0.05) is 0 Å². The van der Waals surface area contributed by atoms with Gasteiger partial charge in [0.15, 0.2) is 11.5 Å². The summed E-state index contributed by atoms with van der Waals surface area (Å²) in [5.41, 5.74) is -0.461. The van der Waals surface area contributed by atoms with Crippen molar-refractivity contribution in [2.75, 3.05) is 29.7 Å². The minimum atomic E-state index is -2.85. The lowest BCUT2D eigenvalue weighted by molar-refractivity contribution is 0.300. The first kappa shape index (κ1) is 19.2. The van der Waals surface area contributed by atoms with Crippen molar-refractivity contribution in [2.24, 2.45) is 0 Å². The number of nitriles is 1. The fraction of sp³-hybridized carbons (Fsp3) is 0.231. The zero-order valence-electron chi connectivity index (χ0n) is 13.5. The average molecular weight is 382 g/mol. The van der Waals surface area contributed by atoms with Crippen molar-refractivity contribution in [1.29, 1.82) is 15.5 Å². The number of aromatic nitrogens is 2. The average Bonchev–Trinajstić information content (AvgIpc) is 3.05. The van der Waals surface area contributed by atoms with E-state index in [1.54, 1.807) is 6.07 Å². The summed E-state index contributed by atoms with van der Waals surface area (Å²) in [6.45, 7) is 0.365. The van der Waals surface area contributed by atoms with E-state index < -0.39 is 21.6 Å². The van der Waals surface area contributed by atoms with E-state index >= 15 is 0 Å². The summed E-state index contributed by atoms with van der Waals surface area (Å²) in [6, 6.07) is 4.87. The van der Waals surface area contributed by atoms with Crippen LogP contribution in [0.1, 0.15) is 11.3 Å². The second kappa shape index (κ2) is 7.87. The topological polar surface area (TPSA) is 175 Å². The van der Waals surface area contributed by atoms with Gasteiger partial charge in [-0.3, -0.25) is 10.6 Å². The molecule has 0 amide bonds. The molecule has 2 rings (SSSR count). The van der Waals surface area contributed by atoms with Crippen LogP contribution in [0, 0.1) is 27.3 Å². The number of amidine groups is 1. The summed E-state index contributed by atoms with van der Waals surface area (Å²) >= 11 is 0. The molecule has 0 saturated heterocycles. The highest BCUT2D eigenvalue weighted by Crippen LogP contribution is 2.20. The first-order chi connectivity index (χ1) is 12.2. The van der Waals surface area contributed by atoms with Crippen molar-refractivity contribution in [2.45, 2.75) is 0 Å². The summed E-state index contributed by atoms with van der Waals surface area (Å²) < 4.78 is 38.8. The molecule has 0 aliphatic rings. The first-order valence-electron chi connectivity index (χ1n) is 7.05. The molecule has 0 spiro atoms. The molecule has 13 heteroatoms. The van der Waals surface area contributed by atoms with Crippen molar-refractivity contribution in [3.63, 3.8) is 0 Å². The van der Waals surface area contributed by atoms with Gasteiger partial charge in [0.1, 0.15) is 21.8 Å². The van der Waals surface area contributed by atoms with E-state index in [2.05, 4.69) is 25.0 Å². The number of halogens is 1. The Morgan fingerprint density at radius 1 is 1.50 bits per heavy atom. The van der Waals surface area contributed by atoms with Crippen LogP contribution in [0.15, 0.2) is 22.8 Å². The largest absolute Gasteiger partial charge is 0.364 e. The summed E-state index contributed by atoms with van der Waals surface area (Å²) in [5, 5.41) is 37.2. The summed E-state index contributed by atoms with van der Waals surface area (Å²) in [4.78, 5) is 0. The van der Waals surface area contributed by atoms with E-state index in [0.717, 1.165) is 12.1 Å². The Hall–Kier alpha value is -3.08. The summed E-state index contributed by atoms with van der Waals surface area (Å²) in [7, 11) is -2.85. The van der Waals surface area contributed by atoms with Gasteiger partial charge in [-0.25, -0.2) is 27.8 Å². The van der Waals surface area contributed by atoms with Crippen LogP contribution in [-0.4, -0.2) is 44.9 Å². The number of hydroxylamine groups is 1.